The van der Waals surface area contributed by atoms with E-state index in [0.29, 0.717) is 10.8 Å². The van der Waals surface area contributed by atoms with E-state index in [2.05, 4.69) is 30.2 Å². The van der Waals surface area contributed by atoms with Crippen LogP contribution in [0.1, 0.15) is 0 Å². The molecular formula is C16H13ClFN7S. The van der Waals surface area contributed by atoms with Crippen molar-refractivity contribution >= 4 is 33.8 Å². The average molecular weight is 390 g/mol. The fourth-order valence-electron chi connectivity index (χ4n) is 3.60. The molecule has 0 aliphatic carbocycles. The molecule has 132 valence electrons. The summed E-state index contributed by atoms with van der Waals surface area (Å²) in [4.78, 5) is 10.6. The molecule has 0 atom stereocenters. The molecule has 0 saturated carbocycles. The van der Waals surface area contributed by atoms with Crippen LogP contribution < -0.4 is 9.80 Å². The van der Waals surface area contributed by atoms with Crippen molar-refractivity contribution in [2.75, 3.05) is 36.0 Å². The van der Waals surface area contributed by atoms with E-state index < -0.39 is 0 Å². The van der Waals surface area contributed by atoms with Gasteiger partial charge >= 0.3 is 0 Å². The van der Waals surface area contributed by atoms with Crippen molar-refractivity contribution in [3.63, 3.8) is 0 Å². The molecule has 2 saturated heterocycles. The predicted molar refractivity (Wildman–Crippen MR) is 96.9 cm³/mol. The number of anilines is 2. The molecule has 0 N–H and O–H groups in total. The summed E-state index contributed by atoms with van der Waals surface area (Å²) in [7, 11) is 5.43. The maximum atomic E-state index is 13.5. The molecule has 4 heterocycles. The fourth-order valence-corrected chi connectivity index (χ4v) is 4.67. The third-order valence-corrected chi connectivity index (χ3v) is 6.14. The first kappa shape index (κ1) is 16.0. The van der Waals surface area contributed by atoms with E-state index in [1.807, 2.05) is 0 Å². The second-order valence-electron chi connectivity index (χ2n) is 6.75. The summed E-state index contributed by atoms with van der Waals surface area (Å²) in [6.45, 7) is 3.57. The van der Waals surface area contributed by atoms with Crippen LogP contribution in [0.25, 0.3) is 10.7 Å². The summed E-state index contributed by atoms with van der Waals surface area (Å²) in [6.07, 6.45) is 1.74. The number of halogens is 2. The molecule has 3 aromatic rings. The van der Waals surface area contributed by atoms with Gasteiger partial charge in [0.15, 0.2) is 5.13 Å². The van der Waals surface area contributed by atoms with Gasteiger partial charge in [0.1, 0.15) is 12.9 Å². The molecule has 1 spiro atoms. The molecule has 2 radical (unpaired) electrons. The molecule has 2 fully saturated rings. The number of aromatic nitrogens is 5. The molecule has 0 unspecified atom stereocenters. The van der Waals surface area contributed by atoms with Gasteiger partial charge in [-0.25, -0.2) is 9.37 Å². The first-order chi connectivity index (χ1) is 12.5. The summed E-state index contributed by atoms with van der Waals surface area (Å²) in [5.74, 6) is 0.209. The van der Waals surface area contributed by atoms with Crippen LogP contribution in [0.2, 0.25) is 5.02 Å². The van der Waals surface area contributed by atoms with Crippen molar-refractivity contribution in [3.8, 4) is 10.7 Å². The minimum absolute atomic E-state index is 0.222. The standard InChI is InChI=1S/C16H13ClFN7S/c1-23-21-14(20-22-23)13-5-19-15(26-13)25-8-16(9-25)6-24(7-16)12-4-10(18)2-3-11(12)17/h1-5H,6-9H2. The Morgan fingerprint density at radius 1 is 1.19 bits per heavy atom. The van der Waals surface area contributed by atoms with Crippen LogP contribution in [0.4, 0.5) is 15.2 Å². The third-order valence-electron chi connectivity index (χ3n) is 4.77. The lowest BCUT2D eigenvalue weighted by molar-refractivity contribution is 0.156. The Hall–Kier alpha value is -2.26. The average Bonchev–Trinajstić information content (AvgIpc) is 3.17. The van der Waals surface area contributed by atoms with Crippen molar-refractivity contribution in [2.45, 2.75) is 0 Å². The van der Waals surface area contributed by atoms with Crippen molar-refractivity contribution in [1.29, 1.82) is 0 Å². The lowest BCUT2D eigenvalue weighted by Gasteiger charge is -2.61. The molecule has 2 aromatic heterocycles. The molecule has 1 aromatic carbocycles. The van der Waals surface area contributed by atoms with Crippen LogP contribution >= 0.6 is 22.9 Å². The normalized spacial score (nSPS) is 18.1. The highest BCUT2D eigenvalue weighted by Gasteiger charge is 2.52. The zero-order chi connectivity index (χ0) is 17.9. The molecule has 0 bridgehead atoms. The molecule has 5 rings (SSSR count). The smallest absolute Gasteiger partial charge is 0.216 e. The Morgan fingerprint density at radius 2 is 1.96 bits per heavy atom. The minimum Gasteiger partial charge on any atom is -0.369 e. The zero-order valence-electron chi connectivity index (χ0n) is 13.5. The van der Waals surface area contributed by atoms with Gasteiger partial charge in [0.05, 0.1) is 21.8 Å². The second-order valence-corrected chi connectivity index (χ2v) is 8.16. The minimum atomic E-state index is -0.265. The van der Waals surface area contributed by atoms with Crippen LogP contribution in [0, 0.1) is 18.3 Å². The van der Waals surface area contributed by atoms with Gasteiger partial charge in [0, 0.05) is 31.6 Å². The molecule has 2 aliphatic rings. The molecule has 10 heteroatoms. The molecule has 26 heavy (non-hydrogen) atoms. The van der Waals surface area contributed by atoms with Gasteiger partial charge in [-0.1, -0.05) is 22.9 Å². The van der Waals surface area contributed by atoms with Crippen LogP contribution in [0.5, 0.6) is 0 Å². The highest BCUT2D eigenvalue weighted by atomic mass is 35.5. The number of hydrogen-bond donors (Lipinski definition) is 0. The van der Waals surface area contributed by atoms with Crippen LogP contribution in [-0.2, 0) is 0 Å². The van der Waals surface area contributed by atoms with E-state index in [4.69, 9.17) is 18.6 Å². The van der Waals surface area contributed by atoms with Gasteiger partial charge in [-0.05, 0) is 23.4 Å². The number of thiazole rings is 1. The van der Waals surface area contributed by atoms with Crippen molar-refractivity contribution in [2.24, 2.45) is 5.41 Å². The maximum absolute atomic E-state index is 13.5. The summed E-state index contributed by atoms with van der Waals surface area (Å²) in [6, 6.07) is 4.48. The first-order valence-electron chi connectivity index (χ1n) is 7.98. The Kier molecular flexibility index (Phi) is 3.45. The number of tetrazole rings is 1. The van der Waals surface area contributed by atoms with Gasteiger partial charge in [-0.3, -0.25) is 0 Å². The SMILES string of the molecule is [CH]n1nnc(-c2cnc(N3CC4(C3)CN(c3cc(F)ccc3Cl)C4)s2)n1. The highest BCUT2D eigenvalue weighted by Crippen LogP contribution is 2.46. The number of rotatable bonds is 3. The van der Waals surface area contributed by atoms with E-state index in [0.717, 1.165) is 46.7 Å². The lowest BCUT2D eigenvalue weighted by Crippen LogP contribution is -2.72. The zero-order valence-corrected chi connectivity index (χ0v) is 15.1. The Balaban J connectivity index is 1.23. The van der Waals surface area contributed by atoms with E-state index >= 15 is 0 Å². The summed E-state index contributed by atoms with van der Waals surface area (Å²) >= 11 is 7.71. The second kappa shape index (κ2) is 5.62. The van der Waals surface area contributed by atoms with Crippen LogP contribution in [0.15, 0.2) is 24.4 Å². The lowest BCUT2D eigenvalue weighted by atomic mass is 9.73. The quantitative estimate of drug-likeness (QED) is 0.685. The van der Waals surface area contributed by atoms with Crippen molar-refractivity contribution < 1.29 is 4.39 Å². The predicted octanol–water partition coefficient (Wildman–Crippen LogP) is 2.43. The van der Waals surface area contributed by atoms with E-state index in [-0.39, 0.29) is 11.2 Å². The van der Waals surface area contributed by atoms with E-state index in [1.54, 1.807) is 12.3 Å². The van der Waals surface area contributed by atoms with Gasteiger partial charge < -0.3 is 9.80 Å². The van der Waals surface area contributed by atoms with Gasteiger partial charge in [0.25, 0.3) is 0 Å². The molecule has 2 aliphatic heterocycles. The third kappa shape index (κ3) is 2.53. The van der Waals surface area contributed by atoms with E-state index in [1.165, 1.54) is 23.5 Å². The first-order valence-corrected chi connectivity index (χ1v) is 9.17. The van der Waals surface area contributed by atoms with Crippen molar-refractivity contribution in [1.82, 2.24) is 25.2 Å². The number of benzene rings is 1. The van der Waals surface area contributed by atoms with Gasteiger partial charge in [0.2, 0.25) is 5.82 Å². The fraction of sp³-hybridized carbons (Fsp3) is 0.312. The highest BCUT2D eigenvalue weighted by molar-refractivity contribution is 7.18. The Bertz CT molecular complexity index is 973. The van der Waals surface area contributed by atoms with Gasteiger partial charge in [-0.15, -0.1) is 10.2 Å². The summed E-state index contributed by atoms with van der Waals surface area (Å²) < 4.78 is 13.5. The van der Waals surface area contributed by atoms with Gasteiger partial charge in [-0.2, -0.15) is 4.80 Å². The molecule has 0 amide bonds. The van der Waals surface area contributed by atoms with Crippen molar-refractivity contribution in [3.05, 3.63) is 42.3 Å². The Labute approximate surface area is 158 Å². The topological polar surface area (TPSA) is 63.0 Å². The summed E-state index contributed by atoms with van der Waals surface area (Å²) in [5, 5.41) is 13.0. The van der Waals surface area contributed by atoms with Crippen LogP contribution in [-0.4, -0.2) is 51.4 Å². The summed E-state index contributed by atoms with van der Waals surface area (Å²) in [5.41, 5.74) is 0.989. The number of hydrogen-bond acceptors (Lipinski definition) is 7. The molecule has 7 nitrogen and oxygen atoms in total. The monoisotopic (exact) mass is 389 g/mol. The largest absolute Gasteiger partial charge is 0.369 e. The van der Waals surface area contributed by atoms with Crippen LogP contribution in [0.3, 0.4) is 0 Å². The Morgan fingerprint density at radius 3 is 2.69 bits per heavy atom. The van der Waals surface area contributed by atoms with E-state index in [9.17, 15) is 4.39 Å². The number of nitrogens with zero attached hydrogens (tertiary/aromatic N) is 7. The molecular weight excluding hydrogens is 377 g/mol. The maximum Gasteiger partial charge on any atom is 0.216 e.